The van der Waals surface area contributed by atoms with E-state index in [-0.39, 0.29) is 0 Å². The van der Waals surface area contributed by atoms with E-state index in [0.29, 0.717) is 6.04 Å². The van der Waals surface area contributed by atoms with Gasteiger partial charge in [-0.3, -0.25) is 4.90 Å². The zero-order chi connectivity index (χ0) is 13.9. The largest absolute Gasteiger partial charge is 0.330 e. The molecule has 1 aliphatic rings. The van der Waals surface area contributed by atoms with E-state index in [4.69, 9.17) is 5.73 Å². The van der Waals surface area contributed by atoms with E-state index in [0.717, 1.165) is 12.5 Å². The van der Waals surface area contributed by atoms with Gasteiger partial charge in [0.05, 0.1) is 0 Å². The molecule has 0 aliphatic carbocycles. The molecule has 1 unspecified atom stereocenters. The van der Waals surface area contributed by atoms with Crippen molar-refractivity contribution < 1.29 is 0 Å². The molecule has 0 amide bonds. The van der Waals surface area contributed by atoms with Gasteiger partial charge in [-0.05, 0) is 61.7 Å². The van der Waals surface area contributed by atoms with Crippen molar-refractivity contribution in [2.45, 2.75) is 25.8 Å². The highest BCUT2D eigenvalue weighted by molar-refractivity contribution is 5.86. The topological polar surface area (TPSA) is 29.3 Å². The van der Waals surface area contributed by atoms with Crippen molar-refractivity contribution in [3.63, 3.8) is 0 Å². The summed E-state index contributed by atoms with van der Waals surface area (Å²) < 4.78 is 0. The molecule has 20 heavy (non-hydrogen) atoms. The number of nitrogens with two attached hydrogens (primary N) is 1. The van der Waals surface area contributed by atoms with Crippen LogP contribution in [-0.4, -0.2) is 24.5 Å². The third-order valence-electron chi connectivity index (χ3n) is 4.80. The first-order valence-electron chi connectivity index (χ1n) is 7.71. The molecule has 2 heteroatoms. The molecule has 0 radical (unpaired) electrons. The Kier molecular flexibility index (Phi) is 4.04. The van der Waals surface area contributed by atoms with E-state index in [1.165, 1.54) is 42.3 Å². The first-order valence-corrected chi connectivity index (χ1v) is 7.71. The van der Waals surface area contributed by atoms with Gasteiger partial charge in [0.1, 0.15) is 0 Å². The van der Waals surface area contributed by atoms with E-state index in [1.54, 1.807) is 0 Å². The number of rotatable bonds is 3. The number of piperidine rings is 1. The van der Waals surface area contributed by atoms with Gasteiger partial charge in [-0.15, -0.1) is 0 Å². The van der Waals surface area contributed by atoms with Crippen molar-refractivity contribution in [3.8, 4) is 0 Å². The fourth-order valence-electron chi connectivity index (χ4n) is 3.39. The van der Waals surface area contributed by atoms with Crippen LogP contribution in [0.25, 0.3) is 10.8 Å². The zero-order valence-electron chi connectivity index (χ0n) is 12.3. The lowest BCUT2D eigenvalue weighted by Gasteiger charge is -2.36. The average Bonchev–Trinajstić information content (AvgIpc) is 2.54. The number of hydrogen-bond acceptors (Lipinski definition) is 2. The number of hydrogen-bond donors (Lipinski definition) is 1. The Bertz CT molecular complexity index is 565. The Labute approximate surface area is 121 Å². The number of benzene rings is 2. The molecule has 0 bridgehead atoms. The fourth-order valence-corrected chi connectivity index (χ4v) is 3.39. The average molecular weight is 268 g/mol. The fraction of sp³-hybridized carbons (Fsp3) is 0.444. The third kappa shape index (κ3) is 2.58. The second-order valence-electron chi connectivity index (χ2n) is 5.96. The van der Waals surface area contributed by atoms with Crippen LogP contribution in [0.15, 0.2) is 42.5 Å². The molecule has 106 valence electrons. The van der Waals surface area contributed by atoms with Gasteiger partial charge >= 0.3 is 0 Å². The molecule has 2 aromatic carbocycles. The van der Waals surface area contributed by atoms with Crippen molar-refractivity contribution >= 4 is 10.8 Å². The minimum atomic E-state index is 0.486. The molecule has 2 nitrogen and oxygen atoms in total. The van der Waals surface area contributed by atoms with Gasteiger partial charge in [0.25, 0.3) is 0 Å². The lowest BCUT2D eigenvalue weighted by molar-refractivity contribution is 0.144. The predicted molar refractivity (Wildman–Crippen MR) is 85.7 cm³/mol. The molecule has 1 saturated heterocycles. The lowest BCUT2D eigenvalue weighted by atomic mass is 9.93. The molecule has 1 aliphatic heterocycles. The molecule has 0 saturated carbocycles. The summed E-state index contributed by atoms with van der Waals surface area (Å²) >= 11 is 0. The standard InChI is InChI=1S/C18H24N2/c1-14(20-11-9-15(13-19)10-12-20)17-8-4-6-16-5-2-3-7-18(16)17/h2-8,14-15H,9-13,19H2,1H3. The monoisotopic (exact) mass is 268 g/mol. The molecule has 0 aromatic heterocycles. The molecular formula is C18H24N2. The molecule has 3 rings (SSSR count). The third-order valence-corrected chi connectivity index (χ3v) is 4.80. The van der Waals surface area contributed by atoms with Crippen LogP contribution in [0.1, 0.15) is 31.4 Å². The second kappa shape index (κ2) is 5.94. The minimum absolute atomic E-state index is 0.486. The maximum absolute atomic E-state index is 5.79. The maximum Gasteiger partial charge on any atom is 0.0326 e. The van der Waals surface area contributed by atoms with Crippen molar-refractivity contribution in [2.75, 3.05) is 19.6 Å². The zero-order valence-corrected chi connectivity index (χ0v) is 12.3. The minimum Gasteiger partial charge on any atom is -0.330 e. The lowest BCUT2D eigenvalue weighted by Crippen LogP contribution is -2.37. The van der Waals surface area contributed by atoms with Gasteiger partial charge in [-0.25, -0.2) is 0 Å². The predicted octanol–water partition coefficient (Wildman–Crippen LogP) is 3.57. The van der Waals surface area contributed by atoms with Crippen LogP contribution < -0.4 is 5.73 Å². The number of fused-ring (bicyclic) bond motifs is 1. The quantitative estimate of drug-likeness (QED) is 0.922. The summed E-state index contributed by atoms with van der Waals surface area (Å²) in [7, 11) is 0. The van der Waals surface area contributed by atoms with Crippen LogP contribution in [0, 0.1) is 5.92 Å². The van der Waals surface area contributed by atoms with Gasteiger partial charge in [0.2, 0.25) is 0 Å². The van der Waals surface area contributed by atoms with Crippen LogP contribution in [0.5, 0.6) is 0 Å². The van der Waals surface area contributed by atoms with Crippen LogP contribution in [0.4, 0.5) is 0 Å². The molecule has 1 atom stereocenters. The van der Waals surface area contributed by atoms with Gasteiger partial charge in [-0.1, -0.05) is 42.5 Å². The smallest absolute Gasteiger partial charge is 0.0326 e. The van der Waals surface area contributed by atoms with Crippen molar-refractivity contribution in [3.05, 3.63) is 48.0 Å². The maximum atomic E-state index is 5.79. The summed E-state index contributed by atoms with van der Waals surface area (Å²) in [5.74, 6) is 0.728. The number of nitrogens with zero attached hydrogens (tertiary/aromatic N) is 1. The SMILES string of the molecule is CC(c1cccc2ccccc12)N1CCC(CN)CC1. The Morgan fingerprint density at radius 2 is 1.80 bits per heavy atom. The van der Waals surface area contributed by atoms with Crippen LogP contribution >= 0.6 is 0 Å². The highest BCUT2D eigenvalue weighted by Gasteiger charge is 2.23. The highest BCUT2D eigenvalue weighted by atomic mass is 15.2. The van der Waals surface area contributed by atoms with Gasteiger partial charge < -0.3 is 5.73 Å². The summed E-state index contributed by atoms with van der Waals surface area (Å²) in [6.07, 6.45) is 2.48. The normalized spacial score (nSPS) is 19.3. The van der Waals surface area contributed by atoms with E-state index >= 15 is 0 Å². The summed E-state index contributed by atoms with van der Waals surface area (Å²) in [4.78, 5) is 2.61. The summed E-state index contributed by atoms with van der Waals surface area (Å²) in [5.41, 5.74) is 7.24. The van der Waals surface area contributed by atoms with Crippen LogP contribution in [0.2, 0.25) is 0 Å². The Morgan fingerprint density at radius 3 is 2.55 bits per heavy atom. The molecule has 2 aromatic rings. The Morgan fingerprint density at radius 1 is 1.10 bits per heavy atom. The van der Waals surface area contributed by atoms with Gasteiger partial charge in [0.15, 0.2) is 0 Å². The molecule has 1 heterocycles. The van der Waals surface area contributed by atoms with Crippen LogP contribution in [-0.2, 0) is 0 Å². The molecule has 2 N–H and O–H groups in total. The first-order chi connectivity index (χ1) is 9.79. The summed E-state index contributed by atoms with van der Waals surface area (Å²) in [6.45, 7) is 5.53. The molecule has 1 fully saturated rings. The Balaban J connectivity index is 1.84. The first kappa shape index (κ1) is 13.6. The van der Waals surface area contributed by atoms with E-state index in [9.17, 15) is 0 Å². The Hall–Kier alpha value is -1.38. The van der Waals surface area contributed by atoms with Crippen LogP contribution in [0.3, 0.4) is 0 Å². The van der Waals surface area contributed by atoms with Crippen molar-refractivity contribution in [1.29, 1.82) is 0 Å². The number of likely N-dealkylation sites (tertiary alicyclic amines) is 1. The van der Waals surface area contributed by atoms with Gasteiger partial charge in [0, 0.05) is 6.04 Å². The van der Waals surface area contributed by atoms with Crippen molar-refractivity contribution in [1.82, 2.24) is 4.90 Å². The van der Waals surface area contributed by atoms with Gasteiger partial charge in [-0.2, -0.15) is 0 Å². The summed E-state index contributed by atoms with van der Waals surface area (Å²) in [6, 6.07) is 15.8. The second-order valence-corrected chi connectivity index (χ2v) is 5.96. The highest BCUT2D eigenvalue weighted by Crippen LogP contribution is 2.30. The van der Waals surface area contributed by atoms with E-state index in [2.05, 4.69) is 54.3 Å². The van der Waals surface area contributed by atoms with E-state index in [1.807, 2.05) is 0 Å². The molecule has 0 spiro atoms. The van der Waals surface area contributed by atoms with Crippen molar-refractivity contribution in [2.24, 2.45) is 11.7 Å². The molecular weight excluding hydrogens is 244 g/mol. The van der Waals surface area contributed by atoms with E-state index < -0.39 is 0 Å². The summed E-state index contributed by atoms with van der Waals surface area (Å²) in [5, 5.41) is 2.73.